The van der Waals surface area contributed by atoms with Gasteiger partial charge in [-0.2, -0.15) is 0 Å². The molecule has 5 amide bonds. The van der Waals surface area contributed by atoms with Crippen molar-refractivity contribution in [3.8, 4) is 11.5 Å². The molecule has 1 aromatic rings. The number of aliphatic carboxylic acids is 1. The van der Waals surface area contributed by atoms with Crippen molar-refractivity contribution in [3.63, 3.8) is 0 Å². The Kier molecular flexibility index (Phi) is 7.55. The number of rotatable bonds is 8. The molecule has 4 rings (SSSR count). The fraction of sp³-hybridized carbons (Fsp3) is 0.391. The number of benzene rings is 1. The van der Waals surface area contributed by atoms with Gasteiger partial charge in [-0.3, -0.25) is 24.6 Å². The smallest absolute Gasteiger partial charge is 0.358 e. The number of urea groups is 1. The molecule has 0 aromatic heterocycles. The molecule has 0 unspecified atom stereocenters. The van der Waals surface area contributed by atoms with Gasteiger partial charge in [0.25, 0.3) is 5.91 Å². The molecule has 2 fully saturated rings. The van der Waals surface area contributed by atoms with Gasteiger partial charge in [-0.05, 0) is 36.6 Å². The lowest BCUT2D eigenvalue weighted by atomic mass is 10.1. The monoisotopic (exact) mass is 515 g/mol. The maximum absolute atomic E-state index is 13.4. The maximum Gasteiger partial charge on any atom is 0.358 e. The Morgan fingerprint density at radius 3 is 2.70 bits per heavy atom. The Bertz CT molecular complexity index is 1150. The summed E-state index contributed by atoms with van der Waals surface area (Å²) in [4.78, 5) is 73.7. The summed E-state index contributed by atoms with van der Waals surface area (Å²) >= 11 is 0. The summed E-state index contributed by atoms with van der Waals surface area (Å²) in [5, 5.41) is 14.3. The van der Waals surface area contributed by atoms with Gasteiger partial charge in [0, 0.05) is 19.0 Å². The number of carboxylic acid groups (broad SMARTS) is 1. The molecule has 37 heavy (non-hydrogen) atoms. The lowest BCUT2D eigenvalue weighted by Gasteiger charge is -2.42. The van der Waals surface area contributed by atoms with Crippen molar-refractivity contribution in [3.05, 3.63) is 29.8 Å². The van der Waals surface area contributed by atoms with Crippen LogP contribution in [0.3, 0.4) is 0 Å². The van der Waals surface area contributed by atoms with E-state index in [2.05, 4.69) is 10.7 Å². The normalized spacial score (nSPS) is 19.8. The van der Waals surface area contributed by atoms with E-state index in [4.69, 9.17) is 14.6 Å². The van der Waals surface area contributed by atoms with E-state index >= 15 is 0 Å². The standard InChI is InChI=1S/C23H25N5O9/c29-12-15(11-21(32)33)24-22(34)16-2-1-8-27-20(31)7-9-26(23(35)28(16)27)25-19(30)6-4-14-3-5-17-18(10-14)37-13-36-17/h3-6,10,12,15-16H,1-2,7-9,11,13H2,(H,24,34)(H,25,30)(H,32,33)/t15-,16-/m0/s1. The quantitative estimate of drug-likeness (QED) is 0.309. The lowest BCUT2D eigenvalue weighted by Crippen LogP contribution is -2.64. The zero-order valence-electron chi connectivity index (χ0n) is 19.6. The molecule has 0 aliphatic carbocycles. The molecule has 14 heteroatoms. The third kappa shape index (κ3) is 5.79. The molecule has 0 saturated carbocycles. The zero-order chi connectivity index (χ0) is 26.5. The van der Waals surface area contributed by atoms with Gasteiger partial charge in [0.1, 0.15) is 12.3 Å². The third-order valence-electron chi connectivity index (χ3n) is 5.92. The number of fused-ring (bicyclic) bond motifs is 2. The molecular weight excluding hydrogens is 490 g/mol. The SMILES string of the molecule is O=C[C@H](CC(=O)O)NC(=O)[C@@H]1CCCN2C(=O)CCN(NC(=O)C=Cc3ccc4c(c3)OCO4)C(=O)N12. The molecule has 3 aliphatic heterocycles. The first-order valence-corrected chi connectivity index (χ1v) is 11.5. The minimum atomic E-state index is -1.30. The summed E-state index contributed by atoms with van der Waals surface area (Å²) in [5.41, 5.74) is 3.09. The summed E-state index contributed by atoms with van der Waals surface area (Å²) < 4.78 is 10.5. The first-order valence-electron chi connectivity index (χ1n) is 11.5. The zero-order valence-corrected chi connectivity index (χ0v) is 19.6. The predicted molar refractivity (Wildman–Crippen MR) is 123 cm³/mol. The second-order valence-electron chi connectivity index (χ2n) is 8.47. The van der Waals surface area contributed by atoms with Crippen LogP contribution in [0.15, 0.2) is 24.3 Å². The van der Waals surface area contributed by atoms with Crippen molar-refractivity contribution in [2.24, 2.45) is 0 Å². The van der Waals surface area contributed by atoms with Crippen LogP contribution in [0.4, 0.5) is 4.79 Å². The molecule has 0 spiro atoms. The molecule has 2 atom stereocenters. The molecule has 196 valence electrons. The number of carbonyl (C=O) groups excluding carboxylic acids is 5. The van der Waals surface area contributed by atoms with Crippen LogP contribution in [0, 0.1) is 0 Å². The summed E-state index contributed by atoms with van der Waals surface area (Å²) in [6, 6.07) is 1.83. The van der Waals surface area contributed by atoms with Crippen molar-refractivity contribution in [2.75, 3.05) is 19.9 Å². The summed E-state index contributed by atoms with van der Waals surface area (Å²) in [7, 11) is 0. The van der Waals surface area contributed by atoms with E-state index in [1.165, 1.54) is 12.2 Å². The van der Waals surface area contributed by atoms with Crippen LogP contribution in [0.2, 0.25) is 0 Å². The first kappa shape index (κ1) is 25.5. The van der Waals surface area contributed by atoms with Gasteiger partial charge in [0.2, 0.25) is 18.6 Å². The van der Waals surface area contributed by atoms with Crippen molar-refractivity contribution in [1.29, 1.82) is 0 Å². The number of hydrogen-bond donors (Lipinski definition) is 3. The van der Waals surface area contributed by atoms with Gasteiger partial charge in [0.15, 0.2) is 11.5 Å². The van der Waals surface area contributed by atoms with Gasteiger partial charge in [-0.25, -0.2) is 19.8 Å². The highest BCUT2D eigenvalue weighted by Gasteiger charge is 2.44. The van der Waals surface area contributed by atoms with Crippen molar-refractivity contribution >= 4 is 42.1 Å². The topological polar surface area (TPSA) is 175 Å². The number of nitrogens with zero attached hydrogens (tertiary/aromatic N) is 3. The number of hydrazine groups is 2. The molecule has 14 nitrogen and oxygen atoms in total. The second-order valence-corrected chi connectivity index (χ2v) is 8.47. The Labute approximate surface area is 210 Å². The molecule has 1 aromatic carbocycles. The highest BCUT2D eigenvalue weighted by atomic mass is 16.7. The minimum absolute atomic E-state index is 0.0985. The van der Waals surface area contributed by atoms with Gasteiger partial charge in [-0.1, -0.05) is 6.07 Å². The number of amides is 5. The van der Waals surface area contributed by atoms with Gasteiger partial charge < -0.3 is 24.7 Å². The van der Waals surface area contributed by atoms with E-state index in [1.54, 1.807) is 18.2 Å². The molecule has 0 radical (unpaired) electrons. The molecule has 3 heterocycles. The summed E-state index contributed by atoms with van der Waals surface area (Å²) in [6.07, 6.45) is 2.86. The predicted octanol–water partition coefficient (Wildman–Crippen LogP) is -0.348. The average Bonchev–Trinajstić information content (AvgIpc) is 3.31. The Morgan fingerprint density at radius 2 is 1.95 bits per heavy atom. The molecular formula is C23H25N5O9. The Morgan fingerprint density at radius 1 is 1.16 bits per heavy atom. The third-order valence-corrected chi connectivity index (χ3v) is 5.92. The van der Waals surface area contributed by atoms with Gasteiger partial charge in [-0.15, -0.1) is 0 Å². The summed E-state index contributed by atoms with van der Waals surface area (Å²) in [6.45, 7) is 0.172. The van der Waals surface area contributed by atoms with Crippen LogP contribution in [-0.4, -0.2) is 88.1 Å². The number of nitrogens with one attached hydrogen (secondary N) is 2. The van der Waals surface area contributed by atoms with Crippen LogP contribution in [-0.2, 0) is 24.0 Å². The van der Waals surface area contributed by atoms with Gasteiger partial charge in [0.05, 0.1) is 19.0 Å². The second kappa shape index (κ2) is 11.0. The number of ether oxygens (including phenoxy) is 2. The van der Waals surface area contributed by atoms with Crippen molar-refractivity contribution in [2.45, 2.75) is 37.8 Å². The van der Waals surface area contributed by atoms with E-state index in [1.807, 2.05) is 0 Å². The molecule has 3 N–H and O–H groups in total. The largest absolute Gasteiger partial charge is 0.481 e. The van der Waals surface area contributed by atoms with Crippen molar-refractivity contribution in [1.82, 2.24) is 25.8 Å². The van der Waals surface area contributed by atoms with E-state index in [0.29, 0.717) is 29.8 Å². The Hall–Kier alpha value is -4.62. The molecule has 2 saturated heterocycles. The lowest BCUT2D eigenvalue weighted by molar-refractivity contribution is -0.155. The minimum Gasteiger partial charge on any atom is -0.481 e. The first-order chi connectivity index (χ1) is 17.8. The van der Waals surface area contributed by atoms with Crippen LogP contribution >= 0.6 is 0 Å². The highest BCUT2D eigenvalue weighted by molar-refractivity contribution is 5.95. The van der Waals surface area contributed by atoms with Crippen LogP contribution in [0.5, 0.6) is 11.5 Å². The Balaban J connectivity index is 1.46. The molecule has 0 bridgehead atoms. The highest BCUT2D eigenvalue weighted by Crippen LogP contribution is 2.32. The van der Waals surface area contributed by atoms with Crippen molar-refractivity contribution < 1.29 is 43.3 Å². The van der Waals surface area contributed by atoms with E-state index in [9.17, 15) is 28.8 Å². The van der Waals surface area contributed by atoms with Crippen LogP contribution in [0.25, 0.3) is 6.08 Å². The van der Waals surface area contributed by atoms with E-state index in [-0.39, 0.29) is 32.7 Å². The van der Waals surface area contributed by atoms with Crippen LogP contribution < -0.4 is 20.2 Å². The van der Waals surface area contributed by atoms with Crippen LogP contribution in [0.1, 0.15) is 31.2 Å². The number of hydrogen-bond acceptors (Lipinski definition) is 8. The van der Waals surface area contributed by atoms with E-state index < -0.39 is 48.2 Å². The fourth-order valence-electron chi connectivity index (χ4n) is 4.18. The van der Waals surface area contributed by atoms with E-state index in [0.717, 1.165) is 15.0 Å². The van der Waals surface area contributed by atoms with Gasteiger partial charge >= 0.3 is 12.0 Å². The maximum atomic E-state index is 13.4. The fourth-order valence-corrected chi connectivity index (χ4v) is 4.18. The summed E-state index contributed by atoms with van der Waals surface area (Å²) in [5.74, 6) is -2.00. The number of carboxylic acids is 1. The average molecular weight is 515 g/mol. The number of aldehydes is 1. The number of carbonyl (C=O) groups is 6. The molecule has 3 aliphatic rings.